The average molecular weight is 179 g/mol. The number of carbonyl (C=O) groups is 1. The predicted molar refractivity (Wildman–Crippen MR) is 49.7 cm³/mol. The fourth-order valence-corrected chi connectivity index (χ4v) is 1.13. The lowest BCUT2D eigenvalue weighted by molar-refractivity contribution is -0.118. The quantitative estimate of drug-likeness (QED) is 0.698. The molecule has 1 heterocycles. The zero-order valence-corrected chi connectivity index (χ0v) is 7.53. The summed E-state index contributed by atoms with van der Waals surface area (Å²) in [5, 5.41) is 0. The Kier molecular flexibility index (Phi) is 2.97. The van der Waals surface area contributed by atoms with Crippen LogP contribution in [0.15, 0.2) is 18.3 Å². The van der Waals surface area contributed by atoms with Crippen LogP contribution in [0.2, 0.25) is 0 Å². The summed E-state index contributed by atoms with van der Waals surface area (Å²) in [6.45, 7) is 1.88. The van der Waals surface area contributed by atoms with Gasteiger partial charge >= 0.3 is 0 Å². The Morgan fingerprint density at radius 2 is 2.38 bits per heavy atom. The van der Waals surface area contributed by atoms with E-state index in [2.05, 4.69) is 4.98 Å². The summed E-state index contributed by atoms with van der Waals surface area (Å²) in [7, 11) is 0. The van der Waals surface area contributed by atoms with E-state index in [1.54, 1.807) is 12.3 Å². The van der Waals surface area contributed by atoms with E-state index in [9.17, 15) is 4.79 Å². The zero-order valence-electron chi connectivity index (χ0n) is 7.53. The first-order valence-electron chi connectivity index (χ1n) is 4.06. The van der Waals surface area contributed by atoms with Crippen molar-refractivity contribution in [3.63, 3.8) is 0 Å². The molecule has 0 radical (unpaired) electrons. The number of aromatic nitrogens is 1. The van der Waals surface area contributed by atoms with E-state index in [0.29, 0.717) is 0 Å². The Morgan fingerprint density at radius 1 is 1.69 bits per heavy atom. The number of rotatable bonds is 3. The molecular weight excluding hydrogens is 166 g/mol. The monoisotopic (exact) mass is 179 g/mol. The van der Waals surface area contributed by atoms with Crippen LogP contribution >= 0.6 is 0 Å². The van der Waals surface area contributed by atoms with E-state index in [1.807, 2.05) is 13.0 Å². The highest BCUT2D eigenvalue weighted by Gasteiger charge is 2.08. The van der Waals surface area contributed by atoms with Crippen LogP contribution < -0.4 is 11.5 Å². The van der Waals surface area contributed by atoms with E-state index >= 15 is 0 Å². The fraction of sp³-hybridized carbons (Fsp3) is 0.333. The van der Waals surface area contributed by atoms with Crippen molar-refractivity contribution in [3.05, 3.63) is 29.6 Å². The maximum absolute atomic E-state index is 10.6. The maximum atomic E-state index is 10.6. The van der Waals surface area contributed by atoms with Gasteiger partial charge in [0.05, 0.1) is 0 Å². The minimum atomic E-state index is -0.387. The normalized spacial score (nSPS) is 12.5. The van der Waals surface area contributed by atoms with Gasteiger partial charge < -0.3 is 11.5 Å². The molecule has 4 N–H and O–H groups in total. The third-order valence-corrected chi connectivity index (χ3v) is 1.77. The van der Waals surface area contributed by atoms with Gasteiger partial charge in [0.1, 0.15) is 0 Å². The Bertz CT molecular complexity index is 311. The number of primary amides is 1. The first-order valence-corrected chi connectivity index (χ1v) is 4.06. The second-order valence-electron chi connectivity index (χ2n) is 3.01. The molecule has 0 aliphatic rings. The molecule has 0 aliphatic heterocycles. The number of nitrogens with zero attached hydrogens (tertiary/aromatic N) is 1. The first kappa shape index (κ1) is 9.67. The largest absolute Gasteiger partial charge is 0.370 e. The summed E-state index contributed by atoms with van der Waals surface area (Å²) in [6.07, 6.45) is 1.84. The lowest BCUT2D eigenvalue weighted by atomic mass is 10.1. The summed E-state index contributed by atoms with van der Waals surface area (Å²) < 4.78 is 0. The van der Waals surface area contributed by atoms with Crippen LogP contribution in [0.4, 0.5) is 0 Å². The van der Waals surface area contributed by atoms with Crippen LogP contribution in [-0.2, 0) is 4.79 Å². The average Bonchev–Trinajstić information content (AvgIpc) is 2.03. The van der Waals surface area contributed by atoms with Crippen molar-refractivity contribution >= 4 is 5.91 Å². The summed E-state index contributed by atoms with van der Waals surface area (Å²) in [4.78, 5) is 14.6. The number of nitrogens with two attached hydrogens (primary N) is 2. The van der Waals surface area contributed by atoms with Gasteiger partial charge in [-0.15, -0.1) is 0 Å². The molecule has 4 heteroatoms. The van der Waals surface area contributed by atoms with E-state index in [-0.39, 0.29) is 18.4 Å². The third kappa shape index (κ3) is 2.83. The number of hydrogen-bond donors (Lipinski definition) is 2. The van der Waals surface area contributed by atoms with E-state index in [4.69, 9.17) is 11.5 Å². The molecule has 70 valence electrons. The van der Waals surface area contributed by atoms with Crippen LogP contribution in [0, 0.1) is 6.92 Å². The Morgan fingerprint density at radius 3 is 2.92 bits per heavy atom. The second kappa shape index (κ2) is 4.00. The molecular formula is C9H13N3O. The number of aryl methyl sites for hydroxylation is 1. The predicted octanol–water partition coefficient (Wildman–Crippen LogP) is 0.265. The lowest BCUT2D eigenvalue weighted by Gasteiger charge is -2.09. The molecule has 0 unspecified atom stereocenters. The van der Waals surface area contributed by atoms with Crippen LogP contribution in [0.25, 0.3) is 0 Å². The molecule has 0 spiro atoms. The highest BCUT2D eigenvalue weighted by molar-refractivity contribution is 5.74. The third-order valence-electron chi connectivity index (χ3n) is 1.77. The Balaban J connectivity index is 2.76. The van der Waals surface area contributed by atoms with Crippen molar-refractivity contribution < 1.29 is 4.79 Å². The zero-order chi connectivity index (χ0) is 9.84. The minimum absolute atomic E-state index is 0.170. The van der Waals surface area contributed by atoms with Gasteiger partial charge in [0, 0.05) is 24.4 Å². The number of carbonyl (C=O) groups excluding carboxylic acids is 1. The van der Waals surface area contributed by atoms with Crippen molar-refractivity contribution in [1.82, 2.24) is 4.98 Å². The fourth-order valence-electron chi connectivity index (χ4n) is 1.13. The number of hydrogen-bond acceptors (Lipinski definition) is 3. The van der Waals surface area contributed by atoms with Crippen LogP contribution in [-0.4, -0.2) is 10.9 Å². The van der Waals surface area contributed by atoms with Gasteiger partial charge in [-0.3, -0.25) is 9.78 Å². The van der Waals surface area contributed by atoms with E-state index < -0.39 is 0 Å². The Hall–Kier alpha value is -1.42. The Labute approximate surface area is 77.0 Å². The highest BCUT2D eigenvalue weighted by atomic mass is 16.1. The first-order chi connectivity index (χ1) is 6.09. The highest BCUT2D eigenvalue weighted by Crippen LogP contribution is 2.13. The summed E-state index contributed by atoms with van der Waals surface area (Å²) in [5.41, 5.74) is 12.6. The molecule has 0 aliphatic carbocycles. The van der Waals surface area contributed by atoms with Crippen molar-refractivity contribution in [2.75, 3.05) is 0 Å². The van der Waals surface area contributed by atoms with Crippen LogP contribution in [0.3, 0.4) is 0 Å². The van der Waals surface area contributed by atoms with Crippen LogP contribution in [0.5, 0.6) is 0 Å². The van der Waals surface area contributed by atoms with Crippen molar-refractivity contribution in [2.45, 2.75) is 19.4 Å². The summed E-state index contributed by atoms with van der Waals surface area (Å²) in [5.74, 6) is -0.387. The van der Waals surface area contributed by atoms with Crippen LogP contribution in [0.1, 0.15) is 23.7 Å². The van der Waals surface area contributed by atoms with Gasteiger partial charge in [-0.05, 0) is 24.6 Å². The molecule has 0 saturated heterocycles. The molecule has 1 aromatic heterocycles. The number of pyridine rings is 1. The molecule has 0 bridgehead atoms. The molecule has 0 aromatic carbocycles. The van der Waals surface area contributed by atoms with Crippen molar-refractivity contribution in [3.8, 4) is 0 Å². The van der Waals surface area contributed by atoms with Gasteiger partial charge in [-0.25, -0.2) is 0 Å². The molecule has 1 amide bonds. The van der Waals surface area contributed by atoms with Gasteiger partial charge in [-0.1, -0.05) is 0 Å². The second-order valence-corrected chi connectivity index (χ2v) is 3.01. The summed E-state index contributed by atoms with van der Waals surface area (Å²) >= 11 is 0. The number of amides is 1. The smallest absolute Gasteiger partial charge is 0.219 e. The molecule has 0 fully saturated rings. The van der Waals surface area contributed by atoms with Gasteiger partial charge in [-0.2, -0.15) is 0 Å². The van der Waals surface area contributed by atoms with Crippen molar-refractivity contribution in [1.29, 1.82) is 0 Å². The van der Waals surface area contributed by atoms with Gasteiger partial charge in [0.25, 0.3) is 0 Å². The topological polar surface area (TPSA) is 82.0 Å². The van der Waals surface area contributed by atoms with Crippen molar-refractivity contribution in [2.24, 2.45) is 11.5 Å². The SMILES string of the molecule is Cc1cc([C@H](N)CC(N)=O)ccn1. The standard InChI is InChI=1S/C9H13N3O/c1-6-4-7(2-3-12-6)8(10)5-9(11)13/h2-4,8H,5,10H2,1H3,(H2,11,13)/t8-/m1/s1. The molecule has 0 saturated carbocycles. The minimum Gasteiger partial charge on any atom is -0.370 e. The maximum Gasteiger partial charge on any atom is 0.219 e. The van der Waals surface area contributed by atoms with E-state index in [0.717, 1.165) is 11.3 Å². The molecule has 1 rings (SSSR count). The van der Waals surface area contributed by atoms with E-state index in [1.165, 1.54) is 0 Å². The van der Waals surface area contributed by atoms with Gasteiger partial charge in [0.15, 0.2) is 0 Å². The molecule has 1 atom stereocenters. The van der Waals surface area contributed by atoms with Gasteiger partial charge in [0.2, 0.25) is 5.91 Å². The lowest BCUT2D eigenvalue weighted by Crippen LogP contribution is -2.20. The summed E-state index contributed by atoms with van der Waals surface area (Å²) in [6, 6.07) is 3.33. The molecule has 13 heavy (non-hydrogen) atoms. The molecule has 4 nitrogen and oxygen atoms in total. The molecule has 1 aromatic rings.